The highest BCUT2D eigenvalue weighted by molar-refractivity contribution is 7.22. The SMILES string of the molecule is CCc1nc(C(=O)Nc2nc3ccc(OC)cc3s2)n[nH]1. The van der Waals surface area contributed by atoms with E-state index in [1.54, 1.807) is 7.11 Å². The molecule has 0 aliphatic carbocycles. The molecule has 0 bridgehead atoms. The van der Waals surface area contributed by atoms with Gasteiger partial charge in [0.25, 0.3) is 5.91 Å². The molecule has 3 rings (SSSR count). The maximum atomic E-state index is 12.0. The summed E-state index contributed by atoms with van der Waals surface area (Å²) in [6, 6.07) is 5.56. The maximum Gasteiger partial charge on any atom is 0.297 e. The summed E-state index contributed by atoms with van der Waals surface area (Å²) in [6.45, 7) is 1.93. The Kier molecular flexibility index (Phi) is 3.53. The zero-order valence-electron chi connectivity index (χ0n) is 11.5. The fraction of sp³-hybridized carbons (Fsp3) is 0.231. The molecule has 1 amide bonds. The van der Waals surface area contributed by atoms with Gasteiger partial charge in [-0.15, -0.1) is 5.10 Å². The van der Waals surface area contributed by atoms with Crippen LogP contribution in [0.2, 0.25) is 0 Å². The standard InChI is InChI=1S/C13H13N5O2S/c1-3-10-15-11(18-17-10)12(19)16-13-14-8-5-4-7(20-2)6-9(8)21-13/h4-6H,3H2,1-2H3,(H,14,16,19)(H,15,17,18). The highest BCUT2D eigenvalue weighted by Gasteiger charge is 2.14. The molecule has 3 aromatic rings. The third-order valence-electron chi connectivity index (χ3n) is 2.89. The van der Waals surface area contributed by atoms with Crippen LogP contribution >= 0.6 is 11.3 Å². The lowest BCUT2D eigenvalue weighted by atomic mass is 10.3. The van der Waals surface area contributed by atoms with E-state index < -0.39 is 0 Å². The number of H-pyrrole nitrogens is 1. The van der Waals surface area contributed by atoms with Crippen molar-refractivity contribution in [1.82, 2.24) is 20.2 Å². The average Bonchev–Trinajstić information content (AvgIpc) is 3.12. The van der Waals surface area contributed by atoms with Gasteiger partial charge in [-0.05, 0) is 18.2 Å². The molecule has 0 saturated heterocycles. The van der Waals surface area contributed by atoms with E-state index in [9.17, 15) is 4.79 Å². The first-order valence-corrected chi connectivity index (χ1v) is 7.18. The number of hydrogen-bond donors (Lipinski definition) is 2. The molecule has 0 unspecified atom stereocenters. The van der Waals surface area contributed by atoms with Crippen molar-refractivity contribution >= 4 is 32.6 Å². The smallest absolute Gasteiger partial charge is 0.297 e. The van der Waals surface area contributed by atoms with Crippen LogP contribution in [0, 0.1) is 0 Å². The van der Waals surface area contributed by atoms with Gasteiger partial charge in [0, 0.05) is 6.42 Å². The van der Waals surface area contributed by atoms with Crippen LogP contribution in [0.15, 0.2) is 18.2 Å². The Morgan fingerprint density at radius 2 is 2.29 bits per heavy atom. The zero-order valence-corrected chi connectivity index (χ0v) is 12.3. The molecule has 2 N–H and O–H groups in total. The second kappa shape index (κ2) is 5.49. The van der Waals surface area contributed by atoms with Gasteiger partial charge in [-0.1, -0.05) is 18.3 Å². The van der Waals surface area contributed by atoms with Crippen LogP contribution in [0.25, 0.3) is 10.2 Å². The molecule has 0 atom stereocenters. The Hall–Kier alpha value is -2.48. The van der Waals surface area contributed by atoms with Crippen molar-refractivity contribution in [2.24, 2.45) is 0 Å². The number of ether oxygens (including phenoxy) is 1. The van der Waals surface area contributed by atoms with Gasteiger partial charge in [-0.3, -0.25) is 15.2 Å². The van der Waals surface area contributed by atoms with Gasteiger partial charge in [0.05, 0.1) is 17.3 Å². The molecule has 1 aromatic carbocycles. The van der Waals surface area contributed by atoms with E-state index in [0.29, 0.717) is 17.4 Å². The number of benzene rings is 1. The third-order valence-corrected chi connectivity index (χ3v) is 3.82. The molecular formula is C13H13N5O2S. The zero-order chi connectivity index (χ0) is 14.8. The molecule has 0 spiro atoms. The molecule has 0 aliphatic rings. The van der Waals surface area contributed by atoms with Crippen LogP contribution in [0.3, 0.4) is 0 Å². The fourth-order valence-electron chi connectivity index (χ4n) is 1.79. The lowest BCUT2D eigenvalue weighted by molar-refractivity contribution is 0.101. The Morgan fingerprint density at radius 1 is 1.43 bits per heavy atom. The number of hydrogen-bond acceptors (Lipinski definition) is 6. The molecule has 0 saturated carbocycles. The molecule has 7 nitrogen and oxygen atoms in total. The van der Waals surface area contributed by atoms with Crippen molar-refractivity contribution < 1.29 is 9.53 Å². The van der Waals surface area contributed by atoms with Crippen LogP contribution < -0.4 is 10.1 Å². The number of carbonyl (C=O) groups excluding carboxylic acids is 1. The van der Waals surface area contributed by atoms with Crippen molar-refractivity contribution in [3.63, 3.8) is 0 Å². The number of amides is 1. The number of rotatable bonds is 4. The lowest BCUT2D eigenvalue weighted by Crippen LogP contribution is -2.13. The number of aromatic amines is 1. The molecule has 108 valence electrons. The van der Waals surface area contributed by atoms with E-state index in [2.05, 4.69) is 25.5 Å². The van der Waals surface area contributed by atoms with Crippen molar-refractivity contribution in [2.75, 3.05) is 12.4 Å². The van der Waals surface area contributed by atoms with Crippen LogP contribution in [0.5, 0.6) is 5.75 Å². The molecule has 2 heterocycles. The monoisotopic (exact) mass is 303 g/mol. The minimum Gasteiger partial charge on any atom is -0.497 e. The molecular weight excluding hydrogens is 290 g/mol. The first-order chi connectivity index (χ1) is 10.2. The van der Waals surface area contributed by atoms with Crippen molar-refractivity contribution in [3.05, 3.63) is 29.8 Å². The molecule has 21 heavy (non-hydrogen) atoms. The van der Waals surface area contributed by atoms with Gasteiger partial charge in [0.1, 0.15) is 11.6 Å². The number of thiazole rings is 1. The fourth-order valence-corrected chi connectivity index (χ4v) is 2.68. The number of nitrogens with zero attached hydrogens (tertiary/aromatic N) is 3. The summed E-state index contributed by atoms with van der Waals surface area (Å²) in [5.41, 5.74) is 0.806. The van der Waals surface area contributed by atoms with Crippen molar-refractivity contribution in [3.8, 4) is 5.75 Å². The van der Waals surface area contributed by atoms with Gasteiger partial charge in [0.15, 0.2) is 5.13 Å². The van der Waals surface area contributed by atoms with E-state index >= 15 is 0 Å². The second-order valence-corrected chi connectivity index (χ2v) is 5.30. The first kappa shape index (κ1) is 13.5. The minimum atomic E-state index is -0.378. The predicted molar refractivity (Wildman–Crippen MR) is 79.9 cm³/mol. The van der Waals surface area contributed by atoms with E-state index in [0.717, 1.165) is 16.0 Å². The van der Waals surface area contributed by atoms with Gasteiger partial charge in [-0.2, -0.15) is 0 Å². The lowest BCUT2D eigenvalue weighted by Gasteiger charge is -1.96. The third kappa shape index (κ3) is 2.70. The predicted octanol–water partition coefficient (Wildman–Crippen LogP) is 2.24. The quantitative estimate of drug-likeness (QED) is 0.771. The van der Waals surface area contributed by atoms with Crippen LogP contribution in [-0.4, -0.2) is 33.2 Å². The van der Waals surface area contributed by atoms with Gasteiger partial charge in [0.2, 0.25) is 5.82 Å². The second-order valence-electron chi connectivity index (χ2n) is 4.27. The van der Waals surface area contributed by atoms with Crippen LogP contribution in [0.4, 0.5) is 5.13 Å². The van der Waals surface area contributed by atoms with E-state index in [-0.39, 0.29) is 11.7 Å². The Morgan fingerprint density at radius 3 is 3.00 bits per heavy atom. The number of methoxy groups -OCH3 is 1. The maximum absolute atomic E-state index is 12.0. The highest BCUT2D eigenvalue weighted by atomic mass is 32.1. The normalized spacial score (nSPS) is 10.8. The largest absolute Gasteiger partial charge is 0.497 e. The summed E-state index contributed by atoms with van der Waals surface area (Å²) in [7, 11) is 1.61. The van der Waals surface area contributed by atoms with Crippen LogP contribution in [0.1, 0.15) is 23.4 Å². The number of aromatic nitrogens is 4. The molecule has 0 radical (unpaired) electrons. The van der Waals surface area contributed by atoms with E-state index in [1.165, 1.54) is 11.3 Å². The Labute approximate surface area is 124 Å². The molecule has 8 heteroatoms. The minimum absolute atomic E-state index is 0.115. The number of nitrogens with one attached hydrogen (secondary N) is 2. The van der Waals surface area contributed by atoms with Gasteiger partial charge >= 0.3 is 0 Å². The average molecular weight is 303 g/mol. The van der Waals surface area contributed by atoms with E-state index in [1.807, 2.05) is 25.1 Å². The van der Waals surface area contributed by atoms with Crippen molar-refractivity contribution in [1.29, 1.82) is 0 Å². The Balaban J connectivity index is 1.82. The molecule has 2 aromatic heterocycles. The number of aryl methyl sites for hydroxylation is 1. The summed E-state index contributed by atoms with van der Waals surface area (Å²) >= 11 is 1.37. The molecule has 0 aliphatic heterocycles. The van der Waals surface area contributed by atoms with Gasteiger partial charge < -0.3 is 4.74 Å². The topological polar surface area (TPSA) is 92.8 Å². The van der Waals surface area contributed by atoms with Crippen molar-refractivity contribution in [2.45, 2.75) is 13.3 Å². The number of fused-ring (bicyclic) bond motifs is 1. The number of carbonyl (C=O) groups is 1. The summed E-state index contributed by atoms with van der Waals surface area (Å²) in [6.07, 6.45) is 0.696. The van der Waals surface area contributed by atoms with Gasteiger partial charge in [-0.25, -0.2) is 9.97 Å². The highest BCUT2D eigenvalue weighted by Crippen LogP contribution is 2.29. The Bertz CT molecular complexity index is 795. The first-order valence-electron chi connectivity index (χ1n) is 6.37. The summed E-state index contributed by atoms with van der Waals surface area (Å²) in [4.78, 5) is 20.5. The summed E-state index contributed by atoms with van der Waals surface area (Å²) in [5, 5.41) is 9.79. The summed E-state index contributed by atoms with van der Waals surface area (Å²) < 4.78 is 6.10. The number of anilines is 1. The van der Waals surface area contributed by atoms with Crippen LogP contribution in [-0.2, 0) is 6.42 Å². The summed E-state index contributed by atoms with van der Waals surface area (Å²) in [5.74, 6) is 1.17. The molecule has 0 fully saturated rings. The van der Waals surface area contributed by atoms with E-state index in [4.69, 9.17) is 4.74 Å².